The molecule has 0 aliphatic rings. The topological polar surface area (TPSA) is 16.3 Å². The Morgan fingerprint density at radius 3 is 1.00 bits per heavy atom. The first-order chi connectivity index (χ1) is 36.0. The van der Waals surface area contributed by atoms with Crippen molar-refractivity contribution >= 4 is 99.3 Å². The Morgan fingerprint density at radius 1 is 0.257 bits per heavy atom. The molecule has 11 aromatic carbocycles. The monoisotopic (exact) mass is 954 g/mol. The molecule has 0 aliphatic carbocycles. The molecule has 0 unspecified atom stereocenters. The smallest absolute Gasteiger partial charge is 0.0542 e. The van der Waals surface area contributed by atoms with Gasteiger partial charge in [-0.05, 0) is 148 Å². The van der Waals surface area contributed by atoms with Gasteiger partial charge in [0.15, 0.2) is 0 Å². The zero-order valence-corrected chi connectivity index (χ0v) is 42.9. The second-order valence-electron chi connectivity index (χ2n) is 21.9. The molecule has 4 nitrogen and oxygen atoms in total. The average Bonchev–Trinajstić information content (AvgIpc) is 3.95. The van der Waals surface area contributed by atoms with Crippen molar-refractivity contribution in [1.29, 1.82) is 0 Å². The maximum absolute atomic E-state index is 2.47. The number of anilines is 6. The van der Waals surface area contributed by atoms with Crippen LogP contribution in [-0.2, 0) is 10.8 Å². The van der Waals surface area contributed by atoms with Crippen LogP contribution in [0.3, 0.4) is 0 Å². The predicted octanol–water partition coefficient (Wildman–Crippen LogP) is 19.7. The van der Waals surface area contributed by atoms with Crippen LogP contribution >= 0.6 is 0 Å². The van der Waals surface area contributed by atoms with Crippen LogP contribution in [0.1, 0.15) is 52.7 Å². The lowest BCUT2D eigenvalue weighted by Crippen LogP contribution is -2.13. The molecule has 0 fully saturated rings. The Balaban J connectivity index is 1.00. The zero-order valence-electron chi connectivity index (χ0n) is 42.9. The highest BCUT2D eigenvalue weighted by Gasteiger charge is 2.24. The Kier molecular flexibility index (Phi) is 10.6. The van der Waals surface area contributed by atoms with Gasteiger partial charge in [0.05, 0.1) is 33.4 Å². The summed E-state index contributed by atoms with van der Waals surface area (Å²) in [5.41, 5.74) is 16.1. The molecular formula is C70H58N4. The third kappa shape index (κ3) is 7.60. The van der Waals surface area contributed by atoms with Crippen LogP contribution < -0.4 is 9.80 Å². The van der Waals surface area contributed by atoms with Gasteiger partial charge < -0.3 is 18.9 Å². The Morgan fingerprint density at radius 2 is 0.581 bits per heavy atom. The third-order valence-corrected chi connectivity index (χ3v) is 15.1. The maximum atomic E-state index is 2.47. The van der Waals surface area contributed by atoms with Crippen molar-refractivity contribution in [2.75, 3.05) is 9.80 Å². The average molecular weight is 955 g/mol. The highest BCUT2D eigenvalue weighted by atomic mass is 15.2. The van der Waals surface area contributed by atoms with Gasteiger partial charge in [-0.1, -0.05) is 169 Å². The summed E-state index contributed by atoms with van der Waals surface area (Å²) in [7, 11) is 0. The van der Waals surface area contributed by atoms with Crippen LogP contribution in [0.5, 0.6) is 0 Å². The summed E-state index contributed by atoms with van der Waals surface area (Å²) in [5.74, 6) is 0. The number of benzene rings is 11. The predicted molar refractivity (Wildman–Crippen MR) is 317 cm³/mol. The SMILES string of the molecule is CC(C)(C)c1ccc2c(c1)c1cc(N(c3ccccc3)c3cccc(N(c4ccccc4)c4ccc5c(c4)c4cc(C(C)(C)C)ccc4n5-c4cccc5ccccc45)c3)ccc1n2-c1cccc2ccccc12. The van der Waals surface area contributed by atoms with E-state index < -0.39 is 0 Å². The molecule has 0 N–H and O–H groups in total. The molecular weight excluding hydrogens is 897 g/mol. The third-order valence-electron chi connectivity index (χ3n) is 15.1. The second kappa shape index (κ2) is 17.4. The van der Waals surface area contributed by atoms with Gasteiger partial charge in [-0.2, -0.15) is 0 Å². The summed E-state index contributed by atoms with van der Waals surface area (Å²) >= 11 is 0. The van der Waals surface area contributed by atoms with Crippen LogP contribution in [-0.4, -0.2) is 9.13 Å². The molecule has 0 atom stereocenters. The van der Waals surface area contributed by atoms with Crippen molar-refractivity contribution in [3.8, 4) is 11.4 Å². The molecule has 0 spiro atoms. The number of rotatable bonds is 8. The Labute approximate surface area is 433 Å². The standard InChI is InChI=1S/C70H58N4/c1-69(2,3)49-34-38-65-59(42-49)61-45-55(36-40-67(61)73(65)63-32-17-22-47-20-13-15-30-57(47)63)71(51-24-9-7-10-25-51)53-28-19-29-54(44-53)72(52-26-11-8-12-27-52)56-37-41-68-62(46-56)60-43-50(70(4,5)6)35-39-66(60)74(68)64-33-18-23-48-21-14-16-31-58(48)64/h7-46H,1-6H3. The van der Waals surface area contributed by atoms with Gasteiger partial charge >= 0.3 is 0 Å². The van der Waals surface area contributed by atoms with Gasteiger partial charge in [0, 0.05) is 66.4 Å². The number of hydrogen-bond donors (Lipinski definition) is 0. The van der Waals surface area contributed by atoms with Crippen molar-refractivity contribution in [3.63, 3.8) is 0 Å². The number of hydrogen-bond acceptors (Lipinski definition) is 2. The van der Waals surface area contributed by atoms with E-state index in [4.69, 9.17) is 0 Å². The van der Waals surface area contributed by atoms with E-state index in [2.05, 4.69) is 303 Å². The number of fused-ring (bicyclic) bond motifs is 8. The number of para-hydroxylation sites is 2. The van der Waals surface area contributed by atoms with Crippen LogP contribution in [0.15, 0.2) is 243 Å². The Bertz CT molecular complexity index is 3990. The molecule has 0 saturated heterocycles. The second-order valence-corrected chi connectivity index (χ2v) is 21.9. The summed E-state index contributed by atoms with van der Waals surface area (Å²) in [6, 6.07) is 89.6. The van der Waals surface area contributed by atoms with Crippen molar-refractivity contribution in [2.24, 2.45) is 0 Å². The highest BCUT2D eigenvalue weighted by Crippen LogP contribution is 2.46. The van der Waals surface area contributed by atoms with Crippen LogP contribution in [0.25, 0.3) is 76.5 Å². The number of nitrogens with zero attached hydrogens (tertiary/aromatic N) is 4. The molecule has 4 heteroatoms. The zero-order chi connectivity index (χ0) is 50.3. The molecule has 358 valence electrons. The molecule has 13 aromatic rings. The van der Waals surface area contributed by atoms with Crippen LogP contribution in [0, 0.1) is 0 Å². The van der Waals surface area contributed by atoms with Gasteiger partial charge in [0.1, 0.15) is 0 Å². The molecule has 74 heavy (non-hydrogen) atoms. The van der Waals surface area contributed by atoms with E-state index in [1.807, 2.05) is 0 Å². The van der Waals surface area contributed by atoms with Gasteiger partial charge in [-0.25, -0.2) is 0 Å². The van der Waals surface area contributed by atoms with Crippen LogP contribution in [0.4, 0.5) is 34.1 Å². The summed E-state index contributed by atoms with van der Waals surface area (Å²) in [4.78, 5) is 4.83. The fourth-order valence-electron chi connectivity index (χ4n) is 11.4. The number of aromatic nitrogens is 2. The molecule has 0 bridgehead atoms. The molecule has 13 rings (SSSR count). The molecule has 0 radical (unpaired) electrons. The minimum Gasteiger partial charge on any atom is -0.310 e. The maximum Gasteiger partial charge on any atom is 0.0542 e. The quantitative estimate of drug-likeness (QED) is 0.151. The molecule has 0 amide bonds. The van der Waals surface area contributed by atoms with Crippen molar-refractivity contribution in [2.45, 2.75) is 52.4 Å². The van der Waals surface area contributed by atoms with E-state index >= 15 is 0 Å². The van der Waals surface area contributed by atoms with Gasteiger partial charge in [0.2, 0.25) is 0 Å². The summed E-state index contributed by atoms with van der Waals surface area (Å²) in [6.45, 7) is 13.8. The molecule has 2 aromatic heterocycles. The minimum atomic E-state index is -0.0193. The molecule has 0 saturated carbocycles. The van der Waals surface area contributed by atoms with E-state index in [0.717, 1.165) is 34.1 Å². The fraction of sp³-hybridized carbons (Fsp3) is 0.114. The van der Waals surface area contributed by atoms with Crippen molar-refractivity contribution < 1.29 is 0 Å². The van der Waals surface area contributed by atoms with Gasteiger partial charge in [-0.15, -0.1) is 0 Å². The lowest BCUT2D eigenvalue weighted by molar-refractivity contribution is 0.591. The van der Waals surface area contributed by atoms with E-state index in [1.165, 1.54) is 87.7 Å². The fourth-order valence-corrected chi connectivity index (χ4v) is 11.4. The first-order valence-electron chi connectivity index (χ1n) is 25.9. The summed E-state index contributed by atoms with van der Waals surface area (Å²) in [5, 5.41) is 9.82. The minimum absolute atomic E-state index is 0.0193. The first-order valence-corrected chi connectivity index (χ1v) is 25.9. The van der Waals surface area contributed by atoms with E-state index in [9.17, 15) is 0 Å². The van der Waals surface area contributed by atoms with Crippen molar-refractivity contribution in [1.82, 2.24) is 9.13 Å². The van der Waals surface area contributed by atoms with E-state index in [1.54, 1.807) is 0 Å². The normalized spacial score (nSPS) is 12.2. The summed E-state index contributed by atoms with van der Waals surface area (Å²) < 4.78 is 4.93. The molecule has 2 heterocycles. The van der Waals surface area contributed by atoms with E-state index in [-0.39, 0.29) is 10.8 Å². The summed E-state index contributed by atoms with van der Waals surface area (Å²) in [6.07, 6.45) is 0. The van der Waals surface area contributed by atoms with Gasteiger partial charge in [0.25, 0.3) is 0 Å². The van der Waals surface area contributed by atoms with Crippen molar-refractivity contribution in [3.05, 3.63) is 254 Å². The lowest BCUT2D eigenvalue weighted by Gasteiger charge is -2.29. The van der Waals surface area contributed by atoms with Gasteiger partial charge in [-0.3, -0.25) is 0 Å². The molecule has 0 aliphatic heterocycles. The Hall–Kier alpha value is -8.86. The largest absolute Gasteiger partial charge is 0.310 e. The first kappa shape index (κ1) is 45.0. The van der Waals surface area contributed by atoms with Crippen LogP contribution in [0.2, 0.25) is 0 Å². The highest BCUT2D eigenvalue weighted by molar-refractivity contribution is 6.14. The van der Waals surface area contributed by atoms with E-state index in [0.29, 0.717) is 0 Å². The lowest BCUT2D eigenvalue weighted by atomic mass is 9.86.